The highest BCUT2D eigenvalue weighted by Gasteiger charge is 2.55. The standard InChI is InChI=1S/C44H47N5O4/c1-44(2)52-40-38(25-30-13-6-3-7-14-30)48(27-33-19-12-20-35(23-33)51-29-32-17-10-5-11-18-32)43(50)49(28-34-21-22-37(45)36(24-34)42(46)47)39(41(40)53-44)26-31-15-8-4-9-16-31/h3-24,38-41H,25-29,45H2,1-2H3,(H3,46,47)/t38-,39?,40+,41+/m1/s1. The molecule has 0 spiro atoms. The summed E-state index contributed by atoms with van der Waals surface area (Å²) in [6, 6.07) is 43.0. The lowest BCUT2D eigenvalue weighted by molar-refractivity contribution is -0.157. The fourth-order valence-electron chi connectivity index (χ4n) is 7.55. The molecule has 1 unspecified atom stereocenters. The van der Waals surface area contributed by atoms with Gasteiger partial charge in [-0.1, -0.05) is 109 Å². The second-order valence-corrected chi connectivity index (χ2v) is 14.4. The SMILES string of the molecule is CC1(C)O[C@H]2[C@@H](Cc3ccccc3)N(Cc3cccc(OCc4ccccc4)c3)C(=O)N(Cc3ccc(N)c(C(=N)N)c3)C(Cc3ccccc3)[C@@H]2O1. The minimum atomic E-state index is -0.884. The van der Waals surface area contributed by atoms with Crippen LogP contribution in [0.4, 0.5) is 10.5 Å². The predicted octanol–water partition coefficient (Wildman–Crippen LogP) is 7.31. The van der Waals surface area contributed by atoms with Crippen LogP contribution in [-0.4, -0.2) is 51.7 Å². The second kappa shape index (κ2) is 15.5. The van der Waals surface area contributed by atoms with E-state index in [1.54, 1.807) is 6.07 Å². The lowest BCUT2D eigenvalue weighted by Gasteiger charge is -2.37. The first kappa shape index (κ1) is 35.7. The Morgan fingerprint density at radius 1 is 0.679 bits per heavy atom. The molecule has 5 aromatic rings. The van der Waals surface area contributed by atoms with E-state index in [4.69, 9.17) is 31.1 Å². The third-order valence-corrected chi connectivity index (χ3v) is 10.0. The van der Waals surface area contributed by atoms with E-state index in [2.05, 4.69) is 24.3 Å². The molecule has 0 saturated carbocycles. The summed E-state index contributed by atoms with van der Waals surface area (Å²) in [5, 5.41) is 8.14. The molecule has 9 heteroatoms. The maximum absolute atomic E-state index is 15.4. The van der Waals surface area contributed by atoms with E-state index >= 15 is 4.79 Å². The van der Waals surface area contributed by atoms with Crippen LogP contribution >= 0.6 is 0 Å². The first-order valence-electron chi connectivity index (χ1n) is 18.1. The highest BCUT2D eigenvalue weighted by molar-refractivity contribution is 6.00. The number of rotatable bonds is 12. The molecule has 53 heavy (non-hydrogen) atoms. The number of fused-ring (bicyclic) bond motifs is 1. The molecule has 2 fully saturated rings. The molecule has 0 bridgehead atoms. The van der Waals surface area contributed by atoms with Gasteiger partial charge >= 0.3 is 6.03 Å². The Hall–Kier alpha value is -5.64. The largest absolute Gasteiger partial charge is 0.489 e. The third-order valence-electron chi connectivity index (χ3n) is 10.0. The zero-order valence-corrected chi connectivity index (χ0v) is 30.2. The van der Waals surface area contributed by atoms with E-state index in [9.17, 15) is 0 Å². The number of amidine groups is 1. The van der Waals surface area contributed by atoms with Crippen molar-refractivity contribution in [2.75, 3.05) is 5.73 Å². The average molecular weight is 710 g/mol. The molecule has 2 heterocycles. The van der Waals surface area contributed by atoms with Crippen LogP contribution in [0.15, 0.2) is 133 Å². The van der Waals surface area contributed by atoms with Crippen molar-refractivity contribution in [3.63, 3.8) is 0 Å². The summed E-state index contributed by atoms with van der Waals surface area (Å²) in [6.07, 6.45) is 0.231. The van der Waals surface area contributed by atoms with E-state index < -0.39 is 18.0 Å². The molecule has 2 saturated heterocycles. The van der Waals surface area contributed by atoms with Gasteiger partial charge in [-0.25, -0.2) is 4.79 Å². The highest BCUT2D eigenvalue weighted by Crippen LogP contribution is 2.40. The number of carbonyl (C=O) groups is 1. The van der Waals surface area contributed by atoms with E-state index in [-0.39, 0.29) is 30.5 Å². The number of hydrogen-bond acceptors (Lipinski definition) is 6. The van der Waals surface area contributed by atoms with Gasteiger partial charge in [0.15, 0.2) is 5.79 Å². The van der Waals surface area contributed by atoms with Gasteiger partial charge in [0.1, 0.15) is 30.4 Å². The summed E-state index contributed by atoms with van der Waals surface area (Å²) in [6.45, 7) is 4.90. The molecule has 7 rings (SSSR count). The number of nitrogens with two attached hydrogens (primary N) is 2. The second-order valence-electron chi connectivity index (χ2n) is 14.4. The van der Waals surface area contributed by atoms with E-state index in [1.165, 1.54) is 0 Å². The van der Waals surface area contributed by atoms with Crippen molar-refractivity contribution in [3.05, 3.63) is 167 Å². The summed E-state index contributed by atoms with van der Waals surface area (Å²) in [4.78, 5) is 19.3. The number of amides is 2. The number of nitrogens with one attached hydrogen (secondary N) is 1. The Kier molecular flexibility index (Phi) is 10.5. The molecular formula is C44H47N5O4. The van der Waals surface area contributed by atoms with Crippen molar-refractivity contribution < 1.29 is 19.0 Å². The highest BCUT2D eigenvalue weighted by atomic mass is 16.8. The summed E-state index contributed by atoms with van der Waals surface area (Å²) < 4.78 is 19.9. The Labute approximate surface area is 311 Å². The topological polar surface area (TPSA) is 127 Å². The number of carbonyl (C=O) groups excluding carboxylic acids is 1. The van der Waals surface area contributed by atoms with Crippen LogP contribution in [0.25, 0.3) is 0 Å². The Morgan fingerprint density at radius 2 is 1.17 bits per heavy atom. The average Bonchev–Trinajstić information content (AvgIpc) is 3.46. The molecule has 272 valence electrons. The van der Waals surface area contributed by atoms with E-state index in [0.29, 0.717) is 37.2 Å². The lowest BCUT2D eigenvalue weighted by atomic mass is 9.91. The van der Waals surface area contributed by atoms with Crippen LogP contribution in [0, 0.1) is 5.41 Å². The van der Waals surface area contributed by atoms with Crippen molar-refractivity contribution in [1.82, 2.24) is 9.80 Å². The predicted molar refractivity (Wildman–Crippen MR) is 207 cm³/mol. The molecule has 2 aliphatic heterocycles. The summed E-state index contributed by atoms with van der Waals surface area (Å²) >= 11 is 0. The van der Waals surface area contributed by atoms with E-state index in [0.717, 1.165) is 33.6 Å². The number of nitrogens with zero attached hydrogens (tertiary/aromatic N) is 2. The fraction of sp³-hybridized carbons (Fsp3) is 0.273. The van der Waals surface area contributed by atoms with Crippen LogP contribution < -0.4 is 16.2 Å². The first-order chi connectivity index (χ1) is 25.6. The summed E-state index contributed by atoms with van der Waals surface area (Å²) in [7, 11) is 0. The van der Waals surface area contributed by atoms with E-state index in [1.807, 2.05) is 127 Å². The van der Waals surface area contributed by atoms with Gasteiger partial charge in [0.25, 0.3) is 0 Å². The van der Waals surface area contributed by atoms with Crippen molar-refractivity contribution in [1.29, 1.82) is 5.41 Å². The van der Waals surface area contributed by atoms with Gasteiger partial charge in [-0.3, -0.25) is 5.41 Å². The van der Waals surface area contributed by atoms with Crippen molar-refractivity contribution in [2.45, 2.75) is 76.5 Å². The zero-order valence-electron chi connectivity index (χ0n) is 30.2. The number of urea groups is 1. The molecule has 4 atom stereocenters. The maximum Gasteiger partial charge on any atom is 0.321 e. The van der Waals surface area contributed by atoms with Crippen molar-refractivity contribution in [3.8, 4) is 5.75 Å². The van der Waals surface area contributed by atoms with Crippen LogP contribution in [0.5, 0.6) is 5.75 Å². The molecule has 0 aromatic heterocycles. The summed E-state index contributed by atoms with van der Waals surface area (Å²) in [5.41, 5.74) is 18.0. The van der Waals surface area contributed by atoms with Crippen LogP contribution in [0.3, 0.4) is 0 Å². The number of nitrogen functional groups attached to an aromatic ring is 2. The van der Waals surface area contributed by atoms with Gasteiger partial charge in [-0.15, -0.1) is 0 Å². The number of anilines is 1. The van der Waals surface area contributed by atoms with Gasteiger partial charge < -0.3 is 35.5 Å². The normalized spacial score (nSPS) is 20.8. The molecule has 0 aliphatic carbocycles. The van der Waals surface area contributed by atoms with Gasteiger partial charge in [0.2, 0.25) is 0 Å². The maximum atomic E-state index is 15.4. The van der Waals surface area contributed by atoms with Crippen LogP contribution in [0.2, 0.25) is 0 Å². The quantitative estimate of drug-likeness (QED) is 0.0709. The van der Waals surface area contributed by atoms with Gasteiger partial charge in [-0.05, 0) is 78.8 Å². The van der Waals surface area contributed by atoms with Crippen LogP contribution in [0.1, 0.15) is 47.2 Å². The molecule has 0 radical (unpaired) electrons. The number of benzene rings is 5. The minimum absolute atomic E-state index is 0.124. The third kappa shape index (κ3) is 8.38. The minimum Gasteiger partial charge on any atom is -0.489 e. The Morgan fingerprint density at radius 3 is 1.70 bits per heavy atom. The van der Waals surface area contributed by atoms with Gasteiger partial charge in [0.05, 0.1) is 12.1 Å². The smallest absolute Gasteiger partial charge is 0.321 e. The molecular weight excluding hydrogens is 663 g/mol. The molecule has 2 aliphatic rings. The van der Waals surface area contributed by atoms with Gasteiger partial charge in [-0.2, -0.15) is 0 Å². The fourth-order valence-corrected chi connectivity index (χ4v) is 7.55. The Bertz CT molecular complexity index is 2020. The van der Waals surface area contributed by atoms with Crippen LogP contribution in [-0.2, 0) is 42.0 Å². The van der Waals surface area contributed by atoms with Crippen molar-refractivity contribution in [2.24, 2.45) is 5.73 Å². The molecule has 5 N–H and O–H groups in total. The number of ether oxygens (including phenoxy) is 3. The monoisotopic (exact) mass is 709 g/mol. The molecule has 5 aromatic carbocycles. The molecule has 2 amide bonds. The summed E-state index contributed by atoms with van der Waals surface area (Å²) in [5.74, 6) is -0.281. The first-order valence-corrected chi connectivity index (χ1v) is 18.1. The molecule has 9 nitrogen and oxygen atoms in total. The zero-order chi connectivity index (χ0) is 37.0. The number of hydrogen-bond donors (Lipinski definition) is 3. The lowest BCUT2D eigenvalue weighted by Crippen LogP contribution is -2.51. The van der Waals surface area contributed by atoms with Gasteiger partial charge in [0, 0.05) is 24.3 Å². The Balaban J connectivity index is 1.32. The van der Waals surface area contributed by atoms with Crippen molar-refractivity contribution >= 4 is 17.6 Å².